The Hall–Kier alpha value is -1.15. The van der Waals surface area contributed by atoms with Crippen LogP contribution in [0.15, 0.2) is 30.3 Å². The summed E-state index contributed by atoms with van der Waals surface area (Å²) in [4.78, 5) is 11.7. The molecule has 0 aromatic heterocycles. The number of hydrogen-bond acceptors (Lipinski definition) is 2. The van der Waals surface area contributed by atoms with Crippen molar-refractivity contribution in [3.63, 3.8) is 0 Å². The van der Waals surface area contributed by atoms with Gasteiger partial charge in [0, 0.05) is 11.8 Å². The molecule has 0 saturated heterocycles. The van der Waals surface area contributed by atoms with E-state index in [2.05, 4.69) is 0 Å². The molecule has 0 radical (unpaired) electrons. The lowest BCUT2D eigenvalue weighted by atomic mass is 9.86. The summed E-state index contributed by atoms with van der Waals surface area (Å²) in [5, 5.41) is 9.83. The van der Waals surface area contributed by atoms with Gasteiger partial charge >= 0.3 is 0 Å². The van der Waals surface area contributed by atoms with Crippen LogP contribution in [-0.4, -0.2) is 10.9 Å². The number of carbonyl (C=O) groups is 1. The Morgan fingerprint density at radius 2 is 1.80 bits per heavy atom. The van der Waals surface area contributed by atoms with Crippen molar-refractivity contribution in [2.24, 2.45) is 5.41 Å². The van der Waals surface area contributed by atoms with Gasteiger partial charge < -0.3 is 5.11 Å². The smallest absolute Gasteiger partial charge is 0.141 e. The lowest BCUT2D eigenvalue weighted by Gasteiger charge is -2.19. The Labute approximate surface area is 90.9 Å². The molecule has 1 atom stereocenters. The molecule has 0 spiro atoms. The van der Waals surface area contributed by atoms with E-state index in [1.54, 1.807) is 0 Å². The minimum absolute atomic E-state index is 0.0823. The zero-order valence-electron chi connectivity index (χ0n) is 9.53. The molecule has 0 aliphatic rings. The Bertz CT molecular complexity index is 322. The van der Waals surface area contributed by atoms with Crippen molar-refractivity contribution < 1.29 is 9.90 Å². The summed E-state index contributed by atoms with van der Waals surface area (Å²) in [7, 11) is 0. The average Bonchev–Trinajstić information content (AvgIpc) is 2.17. The quantitative estimate of drug-likeness (QED) is 0.825. The molecule has 0 aliphatic carbocycles. The highest BCUT2D eigenvalue weighted by Gasteiger charge is 2.24. The highest BCUT2D eigenvalue weighted by molar-refractivity contribution is 5.84. The minimum atomic E-state index is -0.682. The molecule has 2 heteroatoms. The van der Waals surface area contributed by atoms with Crippen molar-refractivity contribution in [2.75, 3.05) is 0 Å². The van der Waals surface area contributed by atoms with Gasteiger partial charge in [0.2, 0.25) is 0 Å². The molecule has 1 aromatic rings. The van der Waals surface area contributed by atoms with Gasteiger partial charge in [-0.25, -0.2) is 0 Å². The summed E-state index contributed by atoms with van der Waals surface area (Å²) in [6, 6.07) is 9.28. The first-order valence-corrected chi connectivity index (χ1v) is 5.17. The molecule has 0 aliphatic heterocycles. The third-order valence-corrected chi connectivity index (χ3v) is 2.40. The molecule has 1 rings (SSSR count). The summed E-state index contributed by atoms with van der Waals surface area (Å²) >= 11 is 0. The summed E-state index contributed by atoms with van der Waals surface area (Å²) < 4.78 is 0. The molecule has 1 N–H and O–H groups in total. The summed E-state index contributed by atoms with van der Waals surface area (Å²) in [6.07, 6.45) is -0.494. The van der Waals surface area contributed by atoms with Gasteiger partial charge in [0.1, 0.15) is 5.78 Å². The molecular formula is C13H18O2. The van der Waals surface area contributed by atoms with Crippen molar-refractivity contribution in [1.82, 2.24) is 0 Å². The molecule has 0 saturated carbocycles. The molecule has 2 nitrogen and oxygen atoms in total. The minimum Gasteiger partial charge on any atom is -0.388 e. The van der Waals surface area contributed by atoms with Gasteiger partial charge in [0.15, 0.2) is 0 Å². The molecule has 0 bridgehead atoms. The second-order valence-electron chi connectivity index (χ2n) is 4.80. The van der Waals surface area contributed by atoms with Crippen LogP contribution in [0.1, 0.15) is 38.9 Å². The van der Waals surface area contributed by atoms with Crippen LogP contribution in [0.5, 0.6) is 0 Å². The zero-order chi connectivity index (χ0) is 11.5. The lowest BCUT2D eigenvalue weighted by molar-refractivity contribution is -0.128. The van der Waals surface area contributed by atoms with E-state index < -0.39 is 6.10 Å². The predicted molar refractivity (Wildman–Crippen MR) is 60.5 cm³/mol. The van der Waals surface area contributed by atoms with Gasteiger partial charge in [-0.2, -0.15) is 0 Å². The van der Waals surface area contributed by atoms with E-state index in [-0.39, 0.29) is 17.6 Å². The monoisotopic (exact) mass is 206 g/mol. The molecule has 0 amide bonds. The van der Waals surface area contributed by atoms with E-state index in [1.165, 1.54) is 0 Å². The van der Waals surface area contributed by atoms with Crippen LogP contribution in [-0.2, 0) is 4.79 Å². The van der Waals surface area contributed by atoms with Crippen LogP contribution in [0.2, 0.25) is 0 Å². The number of benzene rings is 1. The van der Waals surface area contributed by atoms with E-state index in [1.807, 2.05) is 51.1 Å². The highest BCUT2D eigenvalue weighted by Crippen LogP contribution is 2.23. The van der Waals surface area contributed by atoms with Crippen LogP contribution in [0.4, 0.5) is 0 Å². The first-order chi connectivity index (χ1) is 6.91. The van der Waals surface area contributed by atoms with Gasteiger partial charge in [0.25, 0.3) is 0 Å². The van der Waals surface area contributed by atoms with E-state index in [4.69, 9.17) is 0 Å². The number of rotatable bonds is 3. The maximum Gasteiger partial charge on any atom is 0.141 e. The number of aliphatic hydroxyl groups excluding tert-OH is 1. The Morgan fingerprint density at radius 3 is 2.27 bits per heavy atom. The summed E-state index contributed by atoms with van der Waals surface area (Å²) in [5.74, 6) is 0.0823. The average molecular weight is 206 g/mol. The molecule has 15 heavy (non-hydrogen) atoms. The van der Waals surface area contributed by atoms with Crippen LogP contribution >= 0.6 is 0 Å². The fraction of sp³-hybridized carbons (Fsp3) is 0.462. The van der Waals surface area contributed by atoms with Crippen LogP contribution < -0.4 is 0 Å². The SMILES string of the molecule is CC(C)(C)C(=O)C[C@H](O)c1ccccc1. The van der Waals surface area contributed by atoms with E-state index in [9.17, 15) is 9.90 Å². The first kappa shape index (κ1) is 11.9. The Balaban J connectivity index is 2.65. The van der Waals surface area contributed by atoms with Gasteiger partial charge in [-0.3, -0.25) is 4.79 Å². The highest BCUT2D eigenvalue weighted by atomic mass is 16.3. The lowest BCUT2D eigenvalue weighted by Crippen LogP contribution is -2.22. The number of Topliss-reactive ketones (excluding diaryl/α,β-unsaturated/α-hetero) is 1. The summed E-state index contributed by atoms with van der Waals surface area (Å²) in [5.41, 5.74) is 0.422. The molecule has 82 valence electrons. The van der Waals surface area contributed by atoms with Crippen molar-refractivity contribution in [3.8, 4) is 0 Å². The normalized spacial score (nSPS) is 13.6. The van der Waals surface area contributed by atoms with Crippen LogP contribution in [0, 0.1) is 5.41 Å². The second-order valence-corrected chi connectivity index (χ2v) is 4.80. The second kappa shape index (κ2) is 4.58. The van der Waals surface area contributed by atoms with E-state index in [0.29, 0.717) is 0 Å². The molecule has 0 fully saturated rings. The standard InChI is InChI=1S/C13H18O2/c1-13(2,3)12(15)9-11(14)10-7-5-4-6-8-10/h4-8,11,14H,9H2,1-3H3/t11-/m0/s1. The molecular weight excluding hydrogens is 188 g/mol. The number of ketones is 1. The zero-order valence-corrected chi connectivity index (χ0v) is 9.53. The van der Waals surface area contributed by atoms with E-state index >= 15 is 0 Å². The van der Waals surface area contributed by atoms with Crippen molar-refractivity contribution in [3.05, 3.63) is 35.9 Å². The third-order valence-electron chi connectivity index (χ3n) is 2.40. The maximum atomic E-state index is 11.7. The van der Waals surface area contributed by atoms with Crippen molar-refractivity contribution in [1.29, 1.82) is 0 Å². The molecule has 0 heterocycles. The third kappa shape index (κ3) is 3.48. The number of carbonyl (C=O) groups excluding carboxylic acids is 1. The molecule has 0 unspecified atom stereocenters. The topological polar surface area (TPSA) is 37.3 Å². The Kier molecular flexibility index (Phi) is 3.64. The van der Waals surface area contributed by atoms with Gasteiger partial charge in [0.05, 0.1) is 6.10 Å². The Morgan fingerprint density at radius 1 is 1.27 bits per heavy atom. The maximum absolute atomic E-state index is 11.7. The van der Waals surface area contributed by atoms with E-state index in [0.717, 1.165) is 5.56 Å². The number of hydrogen-bond donors (Lipinski definition) is 1. The predicted octanol–water partition coefficient (Wildman–Crippen LogP) is 2.73. The largest absolute Gasteiger partial charge is 0.388 e. The first-order valence-electron chi connectivity index (χ1n) is 5.17. The fourth-order valence-corrected chi connectivity index (χ4v) is 1.27. The van der Waals surface area contributed by atoms with Crippen LogP contribution in [0.3, 0.4) is 0 Å². The number of aliphatic hydroxyl groups is 1. The molecule has 1 aromatic carbocycles. The van der Waals surface area contributed by atoms with Gasteiger partial charge in [-0.1, -0.05) is 51.1 Å². The van der Waals surface area contributed by atoms with Crippen LogP contribution in [0.25, 0.3) is 0 Å². The fourth-order valence-electron chi connectivity index (χ4n) is 1.27. The van der Waals surface area contributed by atoms with Gasteiger partial charge in [-0.15, -0.1) is 0 Å². The summed E-state index contributed by atoms with van der Waals surface area (Å²) in [6.45, 7) is 5.60. The van der Waals surface area contributed by atoms with Gasteiger partial charge in [-0.05, 0) is 5.56 Å². The van der Waals surface area contributed by atoms with Crippen molar-refractivity contribution in [2.45, 2.75) is 33.3 Å². The van der Waals surface area contributed by atoms with Crippen molar-refractivity contribution >= 4 is 5.78 Å².